The third kappa shape index (κ3) is 7.42. The van der Waals surface area contributed by atoms with Crippen molar-refractivity contribution in [2.75, 3.05) is 19.8 Å². The SMILES string of the molecule is CCCCOCC(S)CNCc1ccccc1. The monoisotopic (exact) mass is 253 g/mol. The van der Waals surface area contributed by atoms with E-state index in [0.717, 1.165) is 32.7 Å². The van der Waals surface area contributed by atoms with Gasteiger partial charge in [-0.2, -0.15) is 12.6 Å². The zero-order valence-electron chi connectivity index (χ0n) is 10.6. The first-order valence-corrected chi connectivity index (χ1v) is 6.85. The summed E-state index contributed by atoms with van der Waals surface area (Å²) in [5, 5.41) is 3.66. The average molecular weight is 253 g/mol. The van der Waals surface area contributed by atoms with Crippen LogP contribution >= 0.6 is 12.6 Å². The fourth-order valence-corrected chi connectivity index (χ4v) is 1.74. The number of thiol groups is 1. The molecule has 1 atom stereocenters. The normalized spacial score (nSPS) is 12.6. The highest BCUT2D eigenvalue weighted by molar-refractivity contribution is 7.81. The molecule has 1 aromatic rings. The average Bonchev–Trinajstić information content (AvgIpc) is 2.36. The van der Waals surface area contributed by atoms with Crippen LogP contribution in [0.2, 0.25) is 0 Å². The van der Waals surface area contributed by atoms with Crippen molar-refractivity contribution in [2.45, 2.75) is 31.6 Å². The molecule has 0 saturated carbocycles. The third-order valence-electron chi connectivity index (χ3n) is 2.50. The molecule has 3 heteroatoms. The molecule has 1 rings (SSSR count). The minimum absolute atomic E-state index is 0.274. The van der Waals surface area contributed by atoms with Gasteiger partial charge in [0.1, 0.15) is 0 Å². The van der Waals surface area contributed by atoms with E-state index in [-0.39, 0.29) is 5.25 Å². The van der Waals surface area contributed by atoms with Gasteiger partial charge in [0.15, 0.2) is 0 Å². The highest BCUT2D eigenvalue weighted by Crippen LogP contribution is 1.99. The Morgan fingerprint density at radius 3 is 2.76 bits per heavy atom. The minimum atomic E-state index is 0.274. The highest BCUT2D eigenvalue weighted by atomic mass is 32.1. The summed E-state index contributed by atoms with van der Waals surface area (Å²) in [6.45, 7) is 5.52. The number of nitrogens with one attached hydrogen (secondary N) is 1. The van der Waals surface area contributed by atoms with Crippen molar-refractivity contribution in [3.05, 3.63) is 35.9 Å². The predicted molar refractivity (Wildman–Crippen MR) is 76.6 cm³/mol. The largest absolute Gasteiger partial charge is 0.380 e. The Balaban J connectivity index is 2.02. The summed E-state index contributed by atoms with van der Waals surface area (Å²) >= 11 is 4.49. The van der Waals surface area contributed by atoms with Crippen molar-refractivity contribution >= 4 is 12.6 Å². The van der Waals surface area contributed by atoms with Crippen LogP contribution < -0.4 is 5.32 Å². The summed E-state index contributed by atoms with van der Waals surface area (Å²) < 4.78 is 5.52. The number of ether oxygens (including phenoxy) is 1. The summed E-state index contributed by atoms with van der Waals surface area (Å²) in [4.78, 5) is 0. The molecule has 0 amide bonds. The summed E-state index contributed by atoms with van der Waals surface area (Å²) in [5.74, 6) is 0. The molecule has 2 nitrogen and oxygen atoms in total. The maximum absolute atomic E-state index is 5.52. The van der Waals surface area contributed by atoms with Gasteiger partial charge in [-0.25, -0.2) is 0 Å². The Kier molecular flexibility index (Phi) is 8.14. The molecule has 0 aliphatic heterocycles. The molecule has 0 aliphatic rings. The molecule has 0 radical (unpaired) electrons. The van der Waals surface area contributed by atoms with Gasteiger partial charge in [-0.15, -0.1) is 0 Å². The first kappa shape index (κ1) is 14.6. The van der Waals surface area contributed by atoms with Gasteiger partial charge in [0.25, 0.3) is 0 Å². The fraction of sp³-hybridized carbons (Fsp3) is 0.571. The van der Waals surface area contributed by atoms with Crippen LogP contribution in [-0.4, -0.2) is 25.0 Å². The minimum Gasteiger partial charge on any atom is -0.380 e. The summed E-state index contributed by atoms with van der Waals surface area (Å²) in [6.07, 6.45) is 2.32. The van der Waals surface area contributed by atoms with E-state index >= 15 is 0 Å². The first-order valence-electron chi connectivity index (χ1n) is 6.33. The van der Waals surface area contributed by atoms with E-state index in [1.54, 1.807) is 0 Å². The summed E-state index contributed by atoms with van der Waals surface area (Å²) in [5.41, 5.74) is 1.31. The molecule has 96 valence electrons. The van der Waals surface area contributed by atoms with Gasteiger partial charge in [-0.05, 0) is 12.0 Å². The molecule has 1 N–H and O–H groups in total. The molecule has 0 heterocycles. The van der Waals surface area contributed by atoms with Crippen LogP contribution in [0.3, 0.4) is 0 Å². The lowest BCUT2D eigenvalue weighted by atomic mass is 10.2. The van der Waals surface area contributed by atoms with Crippen LogP contribution in [0, 0.1) is 0 Å². The van der Waals surface area contributed by atoms with Gasteiger partial charge in [0.2, 0.25) is 0 Å². The molecule has 17 heavy (non-hydrogen) atoms. The van der Waals surface area contributed by atoms with Gasteiger partial charge in [0.05, 0.1) is 6.61 Å². The van der Waals surface area contributed by atoms with E-state index in [2.05, 4.69) is 49.1 Å². The van der Waals surface area contributed by atoms with Crippen LogP contribution in [0.1, 0.15) is 25.3 Å². The number of rotatable bonds is 9. The number of benzene rings is 1. The van der Waals surface area contributed by atoms with E-state index in [4.69, 9.17) is 4.74 Å². The van der Waals surface area contributed by atoms with E-state index < -0.39 is 0 Å². The van der Waals surface area contributed by atoms with Crippen LogP contribution in [0.25, 0.3) is 0 Å². The van der Waals surface area contributed by atoms with E-state index in [0.29, 0.717) is 0 Å². The Morgan fingerprint density at radius 1 is 1.29 bits per heavy atom. The summed E-state index contributed by atoms with van der Waals surface area (Å²) in [6, 6.07) is 10.4. The fourth-order valence-electron chi connectivity index (χ4n) is 1.50. The third-order valence-corrected chi connectivity index (χ3v) is 2.84. The second kappa shape index (κ2) is 9.51. The lowest BCUT2D eigenvalue weighted by Crippen LogP contribution is -2.26. The van der Waals surface area contributed by atoms with E-state index in [1.807, 2.05) is 6.07 Å². The molecule has 1 aromatic carbocycles. The van der Waals surface area contributed by atoms with Crippen molar-refractivity contribution < 1.29 is 4.74 Å². The quantitative estimate of drug-likeness (QED) is 0.521. The smallest absolute Gasteiger partial charge is 0.0594 e. The lowest BCUT2D eigenvalue weighted by molar-refractivity contribution is 0.132. The van der Waals surface area contributed by atoms with Gasteiger partial charge in [0, 0.05) is 24.9 Å². The van der Waals surface area contributed by atoms with Gasteiger partial charge >= 0.3 is 0 Å². The number of hydrogen-bond donors (Lipinski definition) is 2. The summed E-state index contributed by atoms with van der Waals surface area (Å²) in [7, 11) is 0. The van der Waals surface area contributed by atoms with Crippen molar-refractivity contribution in [3.63, 3.8) is 0 Å². The zero-order chi connectivity index (χ0) is 12.3. The number of unbranched alkanes of at least 4 members (excludes halogenated alkanes) is 1. The topological polar surface area (TPSA) is 21.3 Å². The molecule has 0 aromatic heterocycles. The molecule has 0 bridgehead atoms. The second-order valence-electron chi connectivity index (χ2n) is 4.20. The van der Waals surface area contributed by atoms with Crippen LogP contribution in [0.4, 0.5) is 0 Å². The molecular weight excluding hydrogens is 230 g/mol. The molecular formula is C14H23NOS. The lowest BCUT2D eigenvalue weighted by Gasteiger charge is -2.12. The maximum Gasteiger partial charge on any atom is 0.0594 e. The molecule has 1 unspecified atom stereocenters. The molecule has 0 aliphatic carbocycles. The standard InChI is InChI=1S/C14H23NOS/c1-2-3-9-16-12-14(17)11-15-10-13-7-5-4-6-8-13/h4-8,14-15,17H,2-3,9-12H2,1H3. The number of hydrogen-bond acceptors (Lipinski definition) is 3. The van der Waals surface area contributed by atoms with Crippen molar-refractivity contribution in [1.82, 2.24) is 5.32 Å². The van der Waals surface area contributed by atoms with Crippen LogP contribution in [0.5, 0.6) is 0 Å². The Bertz CT molecular complexity index is 279. The van der Waals surface area contributed by atoms with Crippen LogP contribution in [0.15, 0.2) is 30.3 Å². The van der Waals surface area contributed by atoms with E-state index in [9.17, 15) is 0 Å². The van der Waals surface area contributed by atoms with E-state index in [1.165, 1.54) is 12.0 Å². The second-order valence-corrected chi connectivity index (χ2v) is 4.93. The Morgan fingerprint density at radius 2 is 2.06 bits per heavy atom. The molecule has 0 saturated heterocycles. The maximum atomic E-state index is 5.52. The van der Waals surface area contributed by atoms with Crippen molar-refractivity contribution in [3.8, 4) is 0 Å². The molecule has 0 fully saturated rings. The van der Waals surface area contributed by atoms with Gasteiger partial charge in [-0.1, -0.05) is 43.7 Å². The Hall–Kier alpha value is -0.510. The Labute approximate surface area is 110 Å². The predicted octanol–water partition coefficient (Wildman–Crippen LogP) is 2.89. The van der Waals surface area contributed by atoms with Gasteiger partial charge in [-0.3, -0.25) is 0 Å². The zero-order valence-corrected chi connectivity index (χ0v) is 11.5. The van der Waals surface area contributed by atoms with Crippen LogP contribution in [-0.2, 0) is 11.3 Å². The first-order chi connectivity index (χ1) is 8.33. The van der Waals surface area contributed by atoms with Crippen molar-refractivity contribution in [1.29, 1.82) is 0 Å². The molecule has 0 spiro atoms. The van der Waals surface area contributed by atoms with Crippen molar-refractivity contribution in [2.24, 2.45) is 0 Å². The highest BCUT2D eigenvalue weighted by Gasteiger charge is 2.02. The van der Waals surface area contributed by atoms with Gasteiger partial charge < -0.3 is 10.1 Å².